The number of oxazole rings is 1. The van der Waals surface area contributed by atoms with Crippen LogP contribution in [-0.2, 0) is 11.3 Å². The minimum Gasteiger partial charge on any atom is -0.467 e. The molecule has 4 aromatic rings. The number of nitrogens with zero attached hydrogens (tertiary/aromatic N) is 2. The van der Waals surface area contributed by atoms with Crippen LogP contribution in [0.1, 0.15) is 17.4 Å². The molecule has 29 heavy (non-hydrogen) atoms. The van der Waals surface area contributed by atoms with Gasteiger partial charge in [-0.25, -0.2) is 4.79 Å². The molecule has 9 heteroatoms. The summed E-state index contributed by atoms with van der Waals surface area (Å²) in [6.45, 7) is -0.312. The molecule has 0 aliphatic carbocycles. The Hall–Kier alpha value is -4.14. The fourth-order valence-electron chi connectivity index (χ4n) is 3.09. The molecular formula is C20H15N3O6. The van der Waals surface area contributed by atoms with E-state index in [0.717, 1.165) is 16.2 Å². The topological polar surface area (TPSA) is 121 Å². The molecule has 4 rings (SSSR count). The number of hydrogen-bond donors (Lipinski definition) is 1. The summed E-state index contributed by atoms with van der Waals surface area (Å²) < 4.78 is 11.6. The van der Waals surface area contributed by atoms with Gasteiger partial charge >= 0.3 is 5.76 Å². The minimum atomic E-state index is -0.773. The van der Waals surface area contributed by atoms with Crippen molar-refractivity contribution in [3.8, 4) is 0 Å². The van der Waals surface area contributed by atoms with Gasteiger partial charge in [0.2, 0.25) is 5.91 Å². The maximum atomic E-state index is 12.7. The third-order valence-corrected chi connectivity index (χ3v) is 4.43. The Balaban J connectivity index is 1.61. The number of nitrogens with one attached hydrogen (secondary N) is 1. The third-order valence-electron chi connectivity index (χ3n) is 4.43. The molecule has 1 amide bonds. The molecule has 2 aromatic carbocycles. The van der Waals surface area contributed by atoms with E-state index in [0.29, 0.717) is 11.3 Å². The molecule has 2 aromatic heterocycles. The van der Waals surface area contributed by atoms with E-state index < -0.39 is 22.6 Å². The standard InChI is InChI=1S/C20H15N3O6/c24-18(21-19(16-7-4-10-28-16)13-5-2-1-3-6-13)12-22-15-9-8-14(23(26)27)11-17(15)29-20(22)25/h1-11,19H,12H2,(H,21,24). The fraction of sp³-hybridized carbons (Fsp3) is 0.100. The summed E-state index contributed by atoms with van der Waals surface area (Å²) in [5.41, 5.74) is 0.952. The van der Waals surface area contributed by atoms with Crippen LogP contribution in [0.5, 0.6) is 0 Å². The molecule has 0 aliphatic rings. The van der Waals surface area contributed by atoms with Crippen molar-refractivity contribution in [2.24, 2.45) is 0 Å². The number of hydrogen-bond acceptors (Lipinski definition) is 6. The van der Waals surface area contributed by atoms with Crippen molar-refractivity contribution in [1.29, 1.82) is 0 Å². The third kappa shape index (κ3) is 3.65. The van der Waals surface area contributed by atoms with E-state index >= 15 is 0 Å². The van der Waals surface area contributed by atoms with Crippen LogP contribution in [0.25, 0.3) is 11.1 Å². The molecule has 9 nitrogen and oxygen atoms in total. The van der Waals surface area contributed by atoms with Gasteiger partial charge in [-0.15, -0.1) is 0 Å². The number of amides is 1. The number of aromatic nitrogens is 1. The average molecular weight is 393 g/mol. The largest absolute Gasteiger partial charge is 0.467 e. The van der Waals surface area contributed by atoms with Gasteiger partial charge in [0, 0.05) is 6.07 Å². The van der Waals surface area contributed by atoms with Crippen LogP contribution in [0.3, 0.4) is 0 Å². The predicted molar refractivity (Wildman–Crippen MR) is 102 cm³/mol. The van der Waals surface area contributed by atoms with Crippen molar-refractivity contribution in [2.45, 2.75) is 12.6 Å². The van der Waals surface area contributed by atoms with Crippen molar-refractivity contribution >= 4 is 22.7 Å². The minimum absolute atomic E-state index is 0.0441. The highest BCUT2D eigenvalue weighted by molar-refractivity contribution is 5.81. The van der Waals surface area contributed by atoms with Crippen LogP contribution in [0.15, 0.2) is 80.6 Å². The highest BCUT2D eigenvalue weighted by atomic mass is 16.6. The second-order valence-electron chi connectivity index (χ2n) is 6.29. The second-order valence-corrected chi connectivity index (χ2v) is 6.29. The van der Waals surface area contributed by atoms with Crippen molar-refractivity contribution in [1.82, 2.24) is 9.88 Å². The number of furan rings is 1. The summed E-state index contributed by atoms with van der Waals surface area (Å²) in [7, 11) is 0. The van der Waals surface area contributed by atoms with Gasteiger partial charge in [0.15, 0.2) is 5.58 Å². The van der Waals surface area contributed by atoms with Gasteiger partial charge in [-0.1, -0.05) is 30.3 Å². The highest BCUT2D eigenvalue weighted by Crippen LogP contribution is 2.23. The zero-order chi connectivity index (χ0) is 20.4. The van der Waals surface area contributed by atoms with Crippen molar-refractivity contribution in [3.05, 3.63) is 98.9 Å². The van der Waals surface area contributed by atoms with E-state index in [1.807, 2.05) is 30.3 Å². The number of non-ortho nitro benzene ring substituents is 1. The number of carbonyl (C=O) groups excluding carboxylic acids is 1. The molecule has 146 valence electrons. The normalized spacial score (nSPS) is 12.0. The van der Waals surface area contributed by atoms with E-state index in [2.05, 4.69) is 5.32 Å². The fourth-order valence-corrected chi connectivity index (χ4v) is 3.09. The molecule has 1 unspecified atom stereocenters. The molecule has 0 radical (unpaired) electrons. The van der Waals surface area contributed by atoms with Gasteiger partial charge in [0.05, 0.1) is 22.8 Å². The van der Waals surface area contributed by atoms with Gasteiger partial charge in [0.25, 0.3) is 5.69 Å². The Kier molecular flexibility index (Phi) is 4.70. The Morgan fingerprint density at radius 1 is 1.14 bits per heavy atom. The van der Waals surface area contributed by atoms with Gasteiger partial charge < -0.3 is 14.2 Å². The molecule has 1 N–H and O–H groups in total. The summed E-state index contributed by atoms with van der Waals surface area (Å²) in [6, 6.07) is 16.0. The van der Waals surface area contributed by atoms with Gasteiger partial charge in [-0.05, 0) is 23.8 Å². The predicted octanol–water partition coefficient (Wildman–Crippen LogP) is 3.00. The first-order chi connectivity index (χ1) is 14.0. The SMILES string of the molecule is O=C(Cn1c(=O)oc2cc([N+](=O)[O-])ccc21)NC(c1ccccc1)c1ccco1. The lowest BCUT2D eigenvalue weighted by molar-refractivity contribution is -0.384. The molecule has 1 atom stereocenters. The number of nitro benzene ring substituents is 1. The summed E-state index contributed by atoms with van der Waals surface area (Å²) in [5.74, 6) is -0.673. The second kappa shape index (κ2) is 7.47. The molecule has 0 spiro atoms. The Morgan fingerprint density at radius 2 is 1.93 bits per heavy atom. The lowest BCUT2D eigenvalue weighted by atomic mass is 10.0. The Labute approximate surface area is 163 Å². The molecule has 2 heterocycles. The van der Waals surface area contributed by atoms with Crippen LogP contribution < -0.4 is 11.1 Å². The van der Waals surface area contributed by atoms with Crippen molar-refractivity contribution in [3.63, 3.8) is 0 Å². The van der Waals surface area contributed by atoms with Crippen molar-refractivity contribution in [2.75, 3.05) is 0 Å². The van der Waals surface area contributed by atoms with Crippen LogP contribution in [0, 0.1) is 10.1 Å². The Morgan fingerprint density at radius 3 is 2.62 bits per heavy atom. The first-order valence-electron chi connectivity index (χ1n) is 8.68. The molecule has 0 fully saturated rings. The quantitative estimate of drug-likeness (QED) is 0.397. The van der Waals surface area contributed by atoms with Gasteiger partial charge in [0.1, 0.15) is 18.3 Å². The molecule has 0 saturated heterocycles. The zero-order valence-electron chi connectivity index (χ0n) is 15.0. The average Bonchev–Trinajstić information content (AvgIpc) is 3.35. The number of carbonyl (C=O) groups is 1. The van der Waals surface area contributed by atoms with E-state index in [-0.39, 0.29) is 17.8 Å². The number of benzene rings is 2. The smallest absolute Gasteiger partial charge is 0.420 e. The summed E-state index contributed by atoms with van der Waals surface area (Å²) >= 11 is 0. The molecule has 0 bridgehead atoms. The Bertz CT molecular complexity index is 1220. The van der Waals surface area contributed by atoms with Crippen molar-refractivity contribution < 1.29 is 18.6 Å². The molecule has 0 saturated carbocycles. The van der Waals surface area contributed by atoms with E-state index in [1.54, 1.807) is 12.1 Å². The molecule has 0 aliphatic heterocycles. The summed E-state index contributed by atoms with van der Waals surface area (Å²) in [5, 5.41) is 13.7. The van der Waals surface area contributed by atoms with Crippen LogP contribution in [-0.4, -0.2) is 15.4 Å². The number of nitro groups is 1. The zero-order valence-corrected chi connectivity index (χ0v) is 15.0. The lowest BCUT2D eigenvalue weighted by Gasteiger charge is -2.17. The van der Waals surface area contributed by atoms with E-state index in [1.165, 1.54) is 18.4 Å². The van der Waals surface area contributed by atoms with Gasteiger partial charge in [-0.2, -0.15) is 0 Å². The maximum absolute atomic E-state index is 12.7. The summed E-state index contributed by atoms with van der Waals surface area (Å²) in [4.78, 5) is 35.2. The van der Waals surface area contributed by atoms with Crippen LogP contribution in [0.2, 0.25) is 0 Å². The molecular weight excluding hydrogens is 378 g/mol. The van der Waals surface area contributed by atoms with E-state index in [4.69, 9.17) is 8.83 Å². The van der Waals surface area contributed by atoms with Gasteiger partial charge in [-0.3, -0.25) is 19.5 Å². The number of fused-ring (bicyclic) bond motifs is 1. The first-order valence-corrected chi connectivity index (χ1v) is 8.68. The maximum Gasteiger partial charge on any atom is 0.420 e. The number of rotatable bonds is 6. The lowest BCUT2D eigenvalue weighted by Crippen LogP contribution is -2.34. The monoisotopic (exact) mass is 393 g/mol. The highest BCUT2D eigenvalue weighted by Gasteiger charge is 2.21. The van der Waals surface area contributed by atoms with Crippen LogP contribution >= 0.6 is 0 Å². The van der Waals surface area contributed by atoms with Crippen LogP contribution in [0.4, 0.5) is 5.69 Å². The van der Waals surface area contributed by atoms with E-state index in [9.17, 15) is 19.7 Å². The summed E-state index contributed by atoms with van der Waals surface area (Å²) in [6.07, 6.45) is 1.51. The first kappa shape index (κ1) is 18.2.